The number of carbonyl (C=O) groups is 1. The summed E-state index contributed by atoms with van der Waals surface area (Å²) in [7, 11) is 4.06. The normalized spacial score (nSPS) is 17.1. The average molecular weight is 266 g/mol. The molecule has 0 amide bonds. The first kappa shape index (κ1) is 13.8. The number of carboxylic acids is 1. The molecule has 0 saturated heterocycles. The van der Waals surface area contributed by atoms with Crippen molar-refractivity contribution in [2.24, 2.45) is 0 Å². The lowest BCUT2D eigenvalue weighted by atomic mass is 9.75. The first-order chi connectivity index (χ1) is 8.94. The molecule has 0 heterocycles. The number of aromatic carboxylic acids is 1. The Labute approximate surface area is 112 Å². The monoisotopic (exact) mass is 266 g/mol. The van der Waals surface area contributed by atoms with Gasteiger partial charge in [0.05, 0.1) is 11.3 Å². The number of benzene rings is 1. The molecule has 0 radical (unpaired) electrons. The molecule has 2 rings (SSSR count). The fourth-order valence-electron chi connectivity index (χ4n) is 2.42. The summed E-state index contributed by atoms with van der Waals surface area (Å²) in [5.74, 6) is -1.64. The summed E-state index contributed by atoms with van der Waals surface area (Å²) in [5.41, 5.74) is 0.421. The third-order valence-electron chi connectivity index (χ3n) is 4.06. The first-order valence-electron chi connectivity index (χ1n) is 6.39. The molecule has 0 atom stereocenters. The van der Waals surface area contributed by atoms with E-state index in [2.05, 4.69) is 10.2 Å². The smallest absolute Gasteiger partial charge is 0.335 e. The molecule has 1 saturated carbocycles. The maximum absolute atomic E-state index is 13.8. The summed E-state index contributed by atoms with van der Waals surface area (Å²) in [4.78, 5) is 12.9. The third-order valence-corrected chi connectivity index (χ3v) is 4.06. The Hall–Kier alpha value is -1.62. The van der Waals surface area contributed by atoms with Gasteiger partial charge in [0, 0.05) is 12.1 Å². The third kappa shape index (κ3) is 2.71. The summed E-state index contributed by atoms with van der Waals surface area (Å²) in [6.45, 7) is 0.670. The van der Waals surface area contributed by atoms with Crippen molar-refractivity contribution in [3.63, 3.8) is 0 Å². The van der Waals surface area contributed by atoms with Gasteiger partial charge in [-0.25, -0.2) is 9.18 Å². The van der Waals surface area contributed by atoms with Crippen LogP contribution in [0.1, 0.15) is 29.6 Å². The molecule has 1 aromatic carbocycles. The van der Waals surface area contributed by atoms with E-state index in [0.717, 1.165) is 18.9 Å². The summed E-state index contributed by atoms with van der Waals surface area (Å²) in [5, 5.41) is 11.9. The van der Waals surface area contributed by atoms with Crippen LogP contribution >= 0.6 is 0 Å². The van der Waals surface area contributed by atoms with E-state index in [4.69, 9.17) is 5.11 Å². The number of likely N-dealkylation sites (N-methyl/N-ethyl adjacent to an activating group) is 1. The Morgan fingerprint density at radius 1 is 1.47 bits per heavy atom. The fraction of sp³-hybridized carbons (Fsp3) is 0.500. The SMILES string of the molecule is CN(C)C1(CNc2ccc(C(=O)O)cc2F)CCC1. The molecule has 5 heteroatoms. The van der Waals surface area contributed by atoms with E-state index < -0.39 is 11.8 Å². The molecule has 1 aromatic rings. The number of rotatable bonds is 5. The number of hydrogen-bond acceptors (Lipinski definition) is 3. The van der Waals surface area contributed by atoms with E-state index in [1.807, 2.05) is 14.1 Å². The van der Waals surface area contributed by atoms with Gasteiger partial charge in [-0.05, 0) is 51.6 Å². The lowest BCUT2D eigenvalue weighted by molar-refractivity contribution is 0.0696. The molecule has 4 nitrogen and oxygen atoms in total. The van der Waals surface area contributed by atoms with Gasteiger partial charge in [0.2, 0.25) is 0 Å². The van der Waals surface area contributed by atoms with E-state index in [9.17, 15) is 9.18 Å². The predicted octanol–water partition coefficient (Wildman–Crippen LogP) is 2.42. The number of anilines is 1. The minimum Gasteiger partial charge on any atom is -0.478 e. The van der Waals surface area contributed by atoms with Gasteiger partial charge < -0.3 is 15.3 Å². The Morgan fingerprint density at radius 2 is 2.16 bits per heavy atom. The number of hydrogen-bond donors (Lipinski definition) is 2. The van der Waals surface area contributed by atoms with Gasteiger partial charge in [0.25, 0.3) is 0 Å². The molecule has 0 spiro atoms. The van der Waals surface area contributed by atoms with Gasteiger partial charge in [-0.1, -0.05) is 0 Å². The summed E-state index contributed by atoms with van der Waals surface area (Å²) in [6, 6.07) is 3.95. The van der Waals surface area contributed by atoms with Crippen LogP contribution in [0.2, 0.25) is 0 Å². The van der Waals surface area contributed by atoms with Crippen LogP contribution < -0.4 is 5.32 Å². The van der Waals surface area contributed by atoms with Gasteiger partial charge in [0.1, 0.15) is 5.82 Å². The molecule has 1 aliphatic rings. The maximum atomic E-state index is 13.8. The second-order valence-electron chi connectivity index (χ2n) is 5.33. The molecular weight excluding hydrogens is 247 g/mol. The molecule has 0 unspecified atom stereocenters. The summed E-state index contributed by atoms with van der Waals surface area (Å²) in [6.07, 6.45) is 3.39. The van der Waals surface area contributed by atoms with Crippen LogP contribution in [-0.2, 0) is 0 Å². The lowest BCUT2D eigenvalue weighted by Gasteiger charge is -2.47. The molecule has 0 bridgehead atoms. The molecular formula is C14H19FN2O2. The molecule has 0 aliphatic heterocycles. The highest BCUT2D eigenvalue weighted by molar-refractivity contribution is 5.88. The number of carboxylic acid groups (broad SMARTS) is 1. The van der Waals surface area contributed by atoms with Gasteiger partial charge in [-0.3, -0.25) is 0 Å². The van der Waals surface area contributed by atoms with E-state index in [-0.39, 0.29) is 11.1 Å². The Bertz CT molecular complexity index is 484. The van der Waals surface area contributed by atoms with E-state index >= 15 is 0 Å². The topological polar surface area (TPSA) is 52.6 Å². The van der Waals surface area contributed by atoms with Crippen molar-refractivity contribution in [3.8, 4) is 0 Å². The summed E-state index contributed by atoms with van der Waals surface area (Å²) >= 11 is 0. The predicted molar refractivity (Wildman–Crippen MR) is 72.1 cm³/mol. The number of nitrogens with zero attached hydrogens (tertiary/aromatic N) is 1. The fourth-order valence-corrected chi connectivity index (χ4v) is 2.42. The van der Waals surface area contributed by atoms with Crippen molar-refractivity contribution in [1.82, 2.24) is 4.90 Å². The Kier molecular flexibility index (Phi) is 3.75. The van der Waals surface area contributed by atoms with Gasteiger partial charge in [0.15, 0.2) is 0 Å². The molecule has 2 N–H and O–H groups in total. The van der Waals surface area contributed by atoms with Crippen molar-refractivity contribution < 1.29 is 14.3 Å². The highest BCUT2D eigenvalue weighted by atomic mass is 19.1. The number of halogens is 1. The van der Waals surface area contributed by atoms with Crippen LogP contribution in [0.3, 0.4) is 0 Å². The molecule has 19 heavy (non-hydrogen) atoms. The van der Waals surface area contributed by atoms with Crippen molar-refractivity contribution >= 4 is 11.7 Å². The van der Waals surface area contributed by atoms with Gasteiger partial charge >= 0.3 is 5.97 Å². The van der Waals surface area contributed by atoms with Crippen LogP contribution in [0.4, 0.5) is 10.1 Å². The van der Waals surface area contributed by atoms with Crippen LogP contribution in [0.25, 0.3) is 0 Å². The van der Waals surface area contributed by atoms with E-state index in [0.29, 0.717) is 12.2 Å². The Morgan fingerprint density at radius 3 is 2.58 bits per heavy atom. The molecule has 1 aliphatic carbocycles. The largest absolute Gasteiger partial charge is 0.478 e. The van der Waals surface area contributed by atoms with Crippen LogP contribution in [0, 0.1) is 5.82 Å². The molecule has 104 valence electrons. The average Bonchev–Trinajstić information content (AvgIpc) is 2.28. The van der Waals surface area contributed by atoms with Crippen LogP contribution in [0.5, 0.6) is 0 Å². The number of nitrogens with one attached hydrogen (secondary N) is 1. The highest BCUT2D eigenvalue weighted by Crippen LogP contribution is 2.36. The summed E-state index contributed by atoms with van der Waals surface area (Å²) < 4.78 is 13.8. The second kappa shape index (κ2) is 5.17. The minimum atomic E-state index is -1.12. The quantitative estimate of drug-likeness (QED) is 0.859. The molecule has 0 aromatic heterocycles. The van der Waals surface area contributed by atoms with Crippen molar-refractivity contribution in [2.45, 2.75) is 24.8 Å². The van der Waals surface area contributed by atoms with E-state index in [1.165, 1.54) is 18.6 Å². The van der Waals surface area contributed by atoms with Gasteiger partial charge in [-0.15, -0.1) is 0 Å². The van der Waals surface area contributed by atoms with Crippen LogP contribution in [0.15, 0.2) is 18.2 Å². The van der Waals surface area contributed by atoms with Crippen molar-refractivity contribution in [1.29, 1.82) is 0 Å². The minimum absolute atomic E-state index is 0.0333. The van der Waals surface area contributed by atoms with Crippen molar-refractivity contribution in [3.05, 3.63) is 29.6 Å². The zero-order chi connectivity index (χ0) is 14.0. The zero-order valence-electron chi connectivity index (χ0n) is 11.2. The first-order valence-corrected chi connectivity index (χ1v) is 6.39. The standard InChI is InChI=1S/C14H19FN2O2/c1-17(2)14(6-3-7-14)9-16-12-5-4-10(13(18)19)8-11(12)15/h4-5,8,16H,3,6-7,9H2,1-2H3,(H,18,19). The lowest BCUT2D eigenvalue weighted by Crippen LogP contribution is -2.54. The highest BCUT2D eigenvalue weighted by Gasteiger charge is 2.38. The Balaban J connectivity index is 2.06. The van der Waals surface area contributed by atoms with Crippen molar-refractivity contribution in [2.75, 3.05) is 26.0 Å². The zero-order valence-corrected chi connectivity index (χ0v) is 11.2. The second-order valence-corrected chi connectivity index (χ2v) is 5.33. The molecule has 1 fully saturated rings. The van der Waals surface area contributed by atoms with Gasteiger partial charge in [-0.2, -0.15) is 0 Å². The maximum Gasteiger partial charge on any atom is 0.335 e. The van der Waals surface area contributed by atoms with E-state index in [1.54, 1.807) is 0 Å². The van der Waals surface area contributed by atoms with Crippen LogP contribution in [-0.4, -0.2) is 42.2 Å².